The number of benzene rings is 2. The lowest BCUT2D eigenvalue weighted by molar-refractivity contribution is -0.274. The maximum atomic E-state index is 12.5. The third-order valence-corrected chi connectivity index (χ3v) is 5.02. The number of anilines is 2. The summed E-state index contributed by atoms with van der Waals surface area (Å²) < 4.78 is 41.4. The molecule has 1 saturated carbocycles. The summed E-state index contributed by atoms with van der Waals surface area (Å²) in [5, 5.41) is 12.7. The molecular weight excluding hydrogens is 409 g/mol. The van der Waals surface area contributed by atoms with Gasteiger partial charge in [-0.3, -0.25) is 4.98 Å². The van der Waals surface area contributed by atoms with Gasteiger partial charge in [0.1, 0.15) is 5.75 Å². The van der Waals surface area contributed by atoms with Crippen molar-refractivity contribution in [1.82, 2.24) is 4.98 Å². The number of ether oxygens (including phenoxy) is 1. The number of carboxylic acids is 1. The van der Waals surface area contributed by atoms with Crippen molar-refractivity contribution in [2.75, 3.05) is 5.32 Å². The Bertz CT molecular complexity index is 1140. The molecule has 0 aliphatic heterocycles. The van der Waals surface area contributed by atoms with Gasteiger partial charge in [-0.2, -0.15) is 0 Å². The van der Waals surface area contributed by atoms with Crippen molar-refractivity contribution < 1.29 is 27.8 Å². The molecule has 1 aliphatic rings. The molecule has 31 heavy (non-hydrogen) atoms. The lowest BCUT2D eigenvalue weighted by atomic mass is 10.0. The number of carbonyl (C=O) groups is 1. The molecule has 1 aromatic heterocycles. The molecule has 0 atom stereocenters. The minimum Gasteiger partial charge on any atom is -0.478 e. The van der Waals surface area contributed by atoms with Crippen LogP contribution in [0.4, 0.5) is 24.5 Å². The number of hydrogen-bond donors (Lipinski definition) is 2. The van der Waals surface area contributed by atoms with Crippen molar-refractivity contribution in [3.63, 3.8) is 0 Å². The van der Waals surface area contributed by atoms with Crippen molar-refractivity contribution in [2.45, 2.75) is 32.0 Å². The van der Waals surface area contributed by atoms with Gasteiger partial charge in [0, 0.05) is 5.56 Å². The van der Waals surface area contributed by atoms with Crippen LogP contribution in [0.5, 0.6) is 5.75 Å². The molecule has 0 unspecified atom stereocenters. The van der Waals surface area contributed by atoms with E-state index in [4.69, 9.17) is 0 Å². The molecule has 4 rings (SSSR count). The highest BCUT2D eigenvalue weighted by atomic mass is 19.4. The Balaban J connectivity index is 1.59. The first-order valence-corrected chi connectivity index (χ1v) is 9.67. The maximum absolute atomic E-state index is 12.5. The van der Waals surface area contributed by atoms with E-state index in [1.165, 1.54) is 24.4 Å². The third-order valence-electron chi connectivity index (χ3n) is 5.02. The number of halogens is 3. The summed E-state index contributed by atoms with van der Waals surface area (Å²) in [7, 11) is 0. The second kappa shape index (κ2) is 7.94. The smallest absolute Gasteiger partial charge is 0.478 e. The van der Waals surface area contributed by atoms with Crippen LogP contribution < -0.4 is 10.1 Å². The molecule has 1 aliphatic carbocycles. The van der Waals surface area contributed by atoms with E-state index in [-0.39, 0.29) is 11.3 Å². The van der Waals surface area contributed by atoms with Crippen LogP contribution in [-0.4, -0.2) is 22.4 Å². The molecule has 8 heteroatoms. The molecular formula is C23H19F3N2O3. The highest BCUT2D eigenvalue weighted by Gasteiger charge is 2.31. The molecule has 0 spiro atoms. The molecule has 3 aromatic rings. The van der Waals surface area contributed by atoms with Gasteiger partial charge >= 0.3 is 12.3 Å². The fourth-order valence-electron chi connectivity index (χ4n) is 3.46. The Kier molecular flexibility index (Phi) is 5.31. The van der Waals surface area contributed by atoms with Crippen LogP contribution in [0.2, 0.25) is 0 Å². The summed E-state index contributed by atoms with van der Waals surface area (Å²) in [6.07, 6.45) is -1.11. The van der Waals surface area contributed by atoms with Crippen molar-refractivity contribution in [1.29, 1.82) is 0 Å². The number of aromatic carboxylic acids is 1. The Morgan fingerprint density at radius 3 is 2.58 bits per heavy atom. The molecule has 0 radical (unpaired) electrons. The van der Waals surface area contributed by atoms with Gasteiger partial charge in [0.15, 0.2) is 0 Å². The molecule has 2 aromatic carbocycles. The lowest BCUT2D eigenvalue weighted by Crippen LogP contribution is -2.17. The minimum absolute atomic E-state index is 0.183. The fourth-order valence-corrected chi connectivity index (χ4v) is 3.46. The van der Waals surface area contributed by atoms with Gasteiger partial charge in [0.05, 0.1) is 28.8 Å². The minimum atomic E-state index is -4.77. The van der Waals surface area contributed by atoms with Gasteiger partial charge in [-0.25, -0.2) is 4.79 Å². The molecule has 160 valence electrons. The Morgan fingerprint density at radius 1 is 1.16 bits per heavy atom. The number of nitrogens with zero attached hydrogens (tertiary/aromatic N) is 1. The van der Waals surface area contributed by atoms with Gasteiger partial charge in [0.2, 0.25) is 0 Å². The number of pyridine rings is 1. The van der Waals surface area contributed by atoms with Gasteiger partial charge in [-0.05, 0) is 67.1 Å². The Labute approximate surface area is 176 Å². The van der Waals surface area contributed by atoms with E-state index < -0.39 is 12.3 Å². The normalized spacial score (nSPS) is 13.7. The monoisotopic (exact) mass is 428 g/mol. The number of rotatable bonds is 6. The number of aryl methyl sites for hydroxylation is 1. The number of aromatic nitrogens is 1. The van der Waals surface area contributed by atoms with E-state index in [9.17, 15) is 23.1 Å². The van der Waals surface area contributed by atoms with Crippen molar-refractivity contribution in [3.8, 4) is 17.0 Å². The first-order valence-electron chi connectivity index (χ1n) is 9.67. The van der Waals surface area contributed by atoms with E-state index >= 15 is 0 Å². The van der Waals surface area contributed by atoms with Gasteiger partial charge in [-0.1, -0.05) is 18.2 Å². The van der Waals surface area contributed by atoms with Crippen molar-refractivity contribution >= 4 is 17.3 Å². The topological polar surface area (TPSA) is 71.5 Å². The highest BCUT2D eigenvalue weighted by molar-refractivity contribution is 5.95. The summed E-state index contributed by atoms with van der Waals surface area (Å²) >= 11 is 0. The van der Waals surface area contributed by atoms with Gasteiger partial charge < -0.3 is 15.2 Å². The van der Waals surface area contributed by atoms with Crippen LogP contribution >= 0.6 is 0 Å². The molecule has 2 N–H and O–H groups in total. The molecule has 0 bridgehead atoms. The van der Waals surface area contributed by atoms with Crippen LogP contribution in [0.1, 0.15) is 40.2 Å². The summed E-state index contributed by atoms with van der Waals surface area (Å²) in [6, 6.07) is 12.7. The van der Waals surface area contributed by atoms with Crippen LogP contribution in [-0.2, 0) is 0 Å². The SMILES string of the molecule is Cc1cc(Nc2ccc(C3CC3)cc2C(=O)O)cnc1-c1cccc(OC(F)(F)F)c1. The zero-order valence-electron chi connectivity index (χ0n) is 16.5. The summed E-state index contributed by atoms with van der Waals surface area (Å²) in [6.45, 7) is 1.78. The van der Waals surface area contributed by atoms with E-state index in [1.54, 1.807) is 31.2 Å². The van der Waals surface area contributed by atoms with E-state index in [2.05, 4.69) is 15.0 Å². The lowest BCUT2D eigenvalue weighted by Gasteiger charge is -2.14. The molecule has 1 heterocycles. The number of alkyl halides is 3. The summed E-state index contributed by atoms with van der Waals surface area (Å²) in [4.78, 5) is 16.1. The zero-order chi connectivity index (χ0) is 22.2. The average Bonchev–Trinajstić information content (AvgIpc) is 3.52. The van der Waals surface area contributed by atoms with E-state index in [1.807, 2.05) is 6.07 Å². The van der Waals surface area contributed by atoms with E-state index in [0.717, 1.165) is 18.4 Å². The fraction of sp³-hybridized carbons (Fsp3) is 0.217. The van der Waals surface area contributed by atoms with Crippen LogP contribution in [0.3, 0.4) is 0 Å². The third kappa shape index (κ3) is 4.96. The quantitative estimate of drug-likeness (QED) is 0.484. The van der Waals surface area contributed by atoms with Crippen LogP contribution in [0.25, 0.3) is 11.3 Å². The van der Waals surface area contributed by atoms with E-state index in [0.29, 0.717) is 34.1 Å². The molecule has 0 amide bonds. The van der Waals surface area contributed by atoms with Crippen LogP contribution in [0.15, 0.2) is 54.7 Å². The summed E-state index contributed by atoms with van der Waals surface area (Å²) in [5.41, 5.74) is 3.92. The first-order chi connectivity index (χ1) is 14.7. The van der Waals surface area contributed by atoms with Crippen molar-refractivity contribution in [3.05, 3.63) is 71.4 Å². The second-order valence-corrected chi connectivity index (χ2v) is 7.47. The predicted molar refractivity (Wildman–Crippen MR) is 110 cm³/mol. The summed E-state index contributed by atoms with van der Waals surface area (Å²) in [5.74, 6) is -0.907. The predicted octanol–water partition coefficient (Wildman–Crippen LogP) is 6.27. The highest BCUT2D eigenvalue weighted by Crippen LogP contribution is 2.41. The number of hydrogen-bond acceptors (Lipinski definition) is 4. The number of carboxylic acid groups (broad SMARTS) is 1. The van der Waals surface area contributed by atoms with Gasteiger partial charge in [-0.15, -0.1) is 13.2 Å². The van der Waals surface area contributed by atoms with Gasteiger partial charge in [0.25, 0.3) is 0 Å². The average molecular weight is 428 g/mol. The van der Waals surface area contributed by atoms with Crippen LogP contribution in [0, 0.1) is 6.92 Å². The second-order valence-electron chi connectivity index (χ2n) is 7.47. The molecule has 0 saturated heterocycles. The molecule has 5 nitrogen and oxygen atoms in total. The Hall–Kier alpha value is -3.55. The number of nitrogens with one attached hydrogen (secondary N) is 1. The van der Waals surface area contributed by atoms with Crippen molar-refractivity contribution in [2.24, 2.45) is 0 Å². The largest absolute Gasteiger partial charge is 0.573 e. The molecule has 1 fully saturated rings. The Morgan fingerprint density at radius 2 is 1.94 bits per heavy atom. The first kappa shape index (κ1) is 20.7. The zero-order valence-corrected chi connectivity index (χ0v) is 16.5. The standard InChI is InChI=1S/C23H19F3N2O3/c1-13-9-17(28-20-8-7-15(14-5-6-14)11-19(20)22(29)30)12-27-21(13)16-3-2-4-18(10-16)31-23(24,25)26/h2-4,7-12,14,28H,5-6H2,1H3,(H,29,30). The maximum Gasteiger partial charge on any atom is 0.573 e.